The SMILES string of the molecule is O=C(CC(=O)NCN1C(=O)C=CC1=O)NCN1C(=O)C=CC1=O. The number of carbonyl (C=O) groups excluding carboxylic acids is 6. The van der Waals surface area contributed by atoms with Crippen LogP contribution in [0.3, 0.4) is 0 Å². The number of hydrogen-bond acceptors (Lipinski definition) is 6. The van der Waals surface area contributed by atoms with Crippen LogP contribution in [0.4, 0.5) is 0 Å². The molecule has 0 fully saturated rings. The molecule has 0 atom stereocenters. The minimum Gasteiger partial charge on any atom is -0.338 e. The summed E-state index contributed by atoms with van der Waals surface area (Å²) in [6.45, 7) is -0.687. The zero-order valence-electron chi connectivity index (χ0n) is 11.8. The van der Waals surface area contributed by atoms with E-state index in [-0.39, 0.29) is 13.3 Å². The van der Waals surface area contributed by atoms with Gasteiger partial charge in [-0.15, -0.1) is 0 Å². The van der Waals surface area contributed by atoms with Crippen LogP contribution < -0.4 is 10.6 Å². The Morgan fingerprint density at radius 3 is 1.30 bits per heavy atom. The fourth-order valence-electron chi connectivity index (χ4n) is 1.78. The van der Waals surface area contributed by atoms with Gasteiger partial charge in [0.1, 0.15) is 19.8 Å². The number of hydrogen-bond donors (Lipinski definition) is 2. The predicted molar refractivity (Wildman–Crippen MR) is 72.6 cm³/mol. The molecule has 0 aromatic rings. The lowest BCUT2D eigenvalue weighted by molar-refractivity contribution is -0.139. The quantitative estimate of drug-likeness (QED) is 0.406. The summed E-state index contributed by atoms with van der Waals surface area (Å²) in [4.78, 5) is 69.7. The standard InChI is InChI=1S/C13H12N4O6/c18-8(14-6-16-10(20)1-2-11(16)21)5-9(19)15-7-17-12(22)3-4-13(17)23/h1-4H,5-7H2,(H,14,18)(H,15,19). The highest BCUT2D eigenvalue weighted by molar-refractivity contribution is 6.13. The summed E-state index contributed by atoms with van der Waals surface area (Å²) in [6, 6.07) is 0. The van der Waals surface area contributed by atoms with Crippen molar-refractivity contribution >= 4 is 35.4 Å². The fraction of sp³-hybridized carbons (Fsp3) is 0.231. The second kappa shape index (κ2) is 6.64. The summed E-state index contributed by atoms with van der Waals surface area (Å²) in [5.74, 6) is -3.66. The van der Waals surface area contributed by atoms with Crippen LogP contribution in [0.25, 0.3) is 0 Å². The molecule has 0 saturated carbocycles. The number of carbonyl (C=O) groups is 6. The summed E-state index contributed by atoms with van der Waals surface area (Å²) in [5, 5.41) is 4.49. The van der Waals surface area contributed by atoms with Crippen molar-refractivity contribution in [2.45, 2.75) is 6.42 Å². The van der Waals surface area contributed by atoms with Crippen LogP contribution in [0.15, 0.2) is 24.3 Å². The van der Waals surface area contributed by atoms with Crippen molar-refractivity contribution in [1.29, 1.82) is 0 Å². The Kier molecular flexibility index (Phi) is 4.64. The van der Waals surface area contributed by atoms with Gasteiger partial charge in [-0.25, -0.2) is 0 Å². The van der Waals surface area contributed by atoms with Crippen LogP contribution >= 0.6 is 0 Å². The monoisotopic (exact) mass is 320 g/mol. The van der Waals surface area contributed by atoms with Crippen molar-refractivity contribution in [3.63, 3.8) is 0 Å². The smallest absolute Gasteiger partial charge is 0.255 e. The molecule has 23 heavy (non-hydrogen) atoms. The average Bonchev–Trinajstić information content (AvgIpc) is 2.98. The van der Waals surface area contributed by atoms with Gasteiger partial charge >= 0.3 is 0 Å². The van der Waals surface area contributed by atoms with Gasteiger partial charge in [0.15, 0.2) is 0 Å². The molecule has 2 aliphatic rings. The highest BCUT2D eigenvalue weighted by atomic mass is 16.2. The molecule has 0 aromatic heterocycles. The first-order valence-corrected chi connectivity index (χ1v) is 6.49. The first-order valence-electron chi connectivity index (χ1n) is 6.49. The Hall–Kier alpha value is -3.30. The van der Waals surface area contributed by atoms with Gasteiger partial charge in [-0.3, -0.25) is 38.6 Å². The van der Waals surface area contributed by atoms with Crippen molar-refractivity contribution in [1.82, 2.24) is 20.4 Å². The zero-order valence-corrected chi connectivity index (χ0v) is 11.8. The van der Waals surface area contributed by atoms with E-state index in [2.05, 4.69) is 10.6 Å². The topological polar surface area (TPSA) is 133 Å². The lowest BCUT2D eigenvalue weighted by atomic mass is 10.4. The molecule has 0 bridgehead atoms. The third-order valence-corrected chi connectivity index (χ3v) is 2.99. The summed E-state index contributed by atoms with van der Waals surface area (Å²) in [7, 11) is 0. The summed E-state index contributed by atoms with van der Waals surface area (Å²) < 4.78 is 0. The predicted octanol–water partition coefficient (Wildman–Crippen LogP) is -2.63. The third kappa shape index (κ3) is 3.87. The van der Waals surface area contributed by atoms with Gasteiger partial charge in [0.25, 0.3) is 23.6 Å². The van der Waals surface area contributed by atoms with Gasteiger partial charge in [0, 0.05) is 24.3 Å². The first-order chi connectivity index (χ1) is 10.9. The molecular formula is C13H12N4O6. The maximum Gasteiger partial charge on any atom is 0.255 e. The molecule has 10 nitrogen and oxygen atoms in total. The summed E-state index contributed by atoms with van der Waals surface area (Å²) in [6.07, 6.45) is 3.70. The van der Waals surface area contributed by atoms with Crippen LogP contribution in [0.5, 0.6) is 0 Å². The van der Waals surface area contributed by atoms with E-state index in [1.54, 1.807) is 0 Å². The van der Waals surface area contributed by atoms with Gasteiger partial charge in [-0.1, -0.05) is 0 Å². The minimum atomic E-state index is -0.716. The molecule has 2 N–H and O–H groups in total. The molecule has 2 aliphatic heterocycles. The zero-order chi connectivity index (χ0) is 17.0. The Morgan fingerprint density at radius 2 is 1.00 bits per heavy atom. The van der Waals surface area contributed by atoms with Gasteiger partial charge in [-0.2, -0.15) is 0 Å². The van der Waals surface area contributed by atoms with E-state index in [9.17, 15) is 28.8 Å². The molecule has 0 unspecified atom stereocenters. The van der Waals surface area contributed by atoms with Crippen molar-refractivity contribution in [2.75, 3.05) is 13.3 Å². The highest BCUT2D eigenvalue weighted by Gasteiger charge is 2.25. The van der Waals surface area contributed by atoms with Gasteiger partial charge in [0.05, 0.1) is 0 Å². The van der Waals surface area contributed by atoms with E-state index < -0.39 is 41.9 Å². The lowest BCUT2D eigenvalue weighted by Gasteiger charge is -2.16. The van der Waals surface area contributed by atoms with Crippen molar-refractivity contribution in [3.05, 3.63) is 24.3 Å². The summed E-state index contributed by atoms with van der Waals surface area (Å²) in [5.41, 5.74) is 0. The normalized spacial score (nSPS) is 16.5. The first kappa shape index (κ1) is 16.1. The van der Waals surface area contributed by atoms with E-state index in [1.807, 2.05) is 0 Å². The van der Waals surface area contributed by atoms with E-state index >= 15 is 0 Å². The fourth-order valence-corrected chi connectivity index (χ4v) is 1.78. The van der Waals surface area contributed by atoms with E-state index in [4.69, 9.17) is 0 Å². The van der Waals surface area contributed by atoms with Crippen LogP contribution in [-0.2, 0) is 28.8 Å². The number of rotatable bonds is 6. The molecule has 0 spiro atoms. The van der Waals surface area contributed by atoms with Gasteiger partial charge in [-0.05, 0) is 0 Å². The third-order valence-electron chi connectivity index (χ3n) is 2.99. The molecular weight excluding hydrogens is 308 g/mol. The Balaban J connectivity index is 1.70. The average molecular weight is 320 g/mol. The number of amides is 6. The molecule has 120 valence electrons. The second-order valence-corrected chi connectivity index (χ2v) is 4.57. The number of nitrogens with zero attached hydrogens (tertiary/aromatic N) is 2. The molecule has 2 heterocycles. The highest BCUT2D eigenvalue weighted by Crippen LogP contribution is 2.02. The Morgan fingerprint density at radius 1 is 0.696 bits per heavy atom. The van der Waals surface area contributed by atoms with E-state index in [0.717, 1.165) is 34.1 Å². The maximum atomic E-state index is 11.5. The molecule has 0 radical (unpaired) electrons. The Labute approximate surface area is 129 Å². The summed E-state index contributed by atoms with van der Waals surface area (Å²) >= 11 is 0. The van der Waals surface area contributed by atoms with Crippen LogP contribution in [-0.4, -0.2) is 58.6 Å². The van der Waals surface area contributed by atoms with Gasteiger partial charge < -0.3 is 10.6 Å². The molecule has 10 heteroatoms. The maximum absolute atomic E-state index is 11.5. The minimum absolute atomic E-state index is 0.343. The Bertz CT molecular complexity index is 573. The van der Waals surface area contributed by atoms with Crippen molar-refractivity contribution in [3.8, 4) is 0 Å². The second-order valence-electron chi connectivity index (χ2n) is 4.57. The molecule has 0 aliphatic carbocycles. The lowest BCUT2D eigenvalue weighted by Crippen LogP contribution is -2.44. The van der Waals surface area contributed by atoms with Crippen LogP contribution in [0.1, 0.15) is 6.42 Å². The van der Waals surface area contributed by atoms with E-state index in [1.165, 1.54) is 0 Å². The molecule has 2 rings (SSSR count). The van der Waals surface area contributed by atoms with Crippen molar-refractivity contribution < 1.29 is 28.8 Å². The number of nitrogens with one attached hydrogen (secondary N) is 2. The van der Waals surface area contributed by atoms with Crippen LogP contribution in [0.2, 0.25) is 0 Å². The molecule has 0 saturated heterocycles. The van der Waals surface area contributed by atoms with Gasteiger partial charge in [0.2, 0.25) is 11.8 Å². The molecule has 0 aromatic carbocycles. The molecule has 6 amide bonds. The number of imide groups is 2. The largest absolute Gasteiger partial charge is 0.338 e. The van der Waals surface area contributed by atoms with E-state index in [0.29, 0.717) is 0 Å². The van der Waals surface area contributed by atoms with Crippen LogP contribution in [0, 0.1) is 0 Å². The van der Waals surface area contributed by atoms with Crippen molar-refractivity contribution in [2.24, 2.45) is 0 Å².